The van der Waals surface area contributed by atoms with Crippen molar-refractivity contribution < 1.29 is 13.5 Å². The molecule has 0 atom stereocenters. The van der Waals surface area contributed by atoms with E-state index >= 15 is 0 Å². The van der Waals surface area contributed by atoms with E-state index in [1.54, 1.807) is 8.87 Å². The number of aliphatic hydroxyl groups is 1. The highest BCUT2D eigenvalue weighted by molar-refractivity contribution is 7.89. The Balaban J connectivity index is 1.55. The third-order valence-electron chi connectivity index (χ3n) is 6.26. The molecule has 29 heavy (non-hydrogen) atoms. The number of fused-ring (bicyclic) bond motifs is 1. The molecule has 0 unspecified atom stereocenters. The lowest BCUT2D eigenvalue weighted by molar-refractivity contribution is 0.265. The van der Waals surface area contributed by atoms with E-state index in [1.165, 1.54) is 0 Å². The molecule has 0 radical (unpaired) electrons. The van der Waals surface area contributed by atoms with Crippen LogP contribution in [0, 0.1) is 0 Å². The maximum absolute atomic E-state index is 13.1. The van der Waals surface area contributed by atoms with Crippen molar-refractivity contribution in [1.29, 1.82) is 0 Å². The molecular formula is C20H30N4O4S. The fourth-order valence-electron chi connectivity index (χ4n) is 4.69. The third kappa shape index (κ3) is 3.88. The van der Waals surface area contributed by atoms with Crippen molar-refractivity contribution in [2.75, 3.05) is 32.8 Å². The van der Waals surface area contributed by atoms with E-state index in [2.05, 4.69) is 5.32 Å². The lowest BCUT2D eigenvalue weighted by Crippen LogP contribution is -2.47. The second-order valence-electron chi connectivity index (χ2n) is 7.99. The Hall–Kier alpha value is -1.68. The molecule has 3 heterocycles. The van der Waals surface area contributed by atoms with Crippen LogP contribution >= 0.6 is 0 Å². The smallest absolute Gasteiger partial charge is 0.329 e. The number of rotatable bonds is 6. The first-order valence-corrected chi connectivity index (χ1v) is 12.0. The summed E-state index contributed by atoms with van der Waals surface area (Å²) in [4.78, 5) is 13.1. The zero-order valence-electron chi connectivity index (χ0n) is 16.7. The molecule has 2 saturated heterocycles. The molecule has 2 aliphatic rings. The molecule has 0 saturated carbocycles. The topological polar surface area (TPSA) is 96.6 Å². The number of imidazole rings is 1. The zero-order valence-corrected chi connectivity index (χ0v) is 17.5. The molecule has 1 aromatic heterocycles. The Bertz CT molecular complexity index is 999. The van der Waals surface area contributed by atoms with Crippen LogP contribution < -0.4 is 11.0 Å². The van der Waals surface area contributed by atoms with Gasteiger partial charge < -0.3 is 10.4 Å². The lowest BCUT2D eigenvalue weighted by Gasteiger charge is -2.35. The first kappa shape index (κ1) is 20.6. The zero-order chi connectivity index (χ0) is 20.4. The van der Waals surface area contributed by atoms with Gasteiger partial charge >= 0.3 is 5.69 Å². The number of aromatic nitrogens is 2. The van der Waals surface area contributed by atoms with Crippen LogP contribution in [0.4, 0.5) is 0 Å². The van der Waals surface area contributed by atoms with Gasteiger partial charge in [-0.05, 0) is 57.3 Å². The van der Waals surface area contributed by atoms with Crippen molar-refractivity contribution >= 4 is 21.1 Å². The number of aryl methyl sites for hydroxylation is 1. The SMILES string of the molecule is O=c1n(CCCO)c2ccccc2n1C1CCN(S(=O)(=O)C2CCNCC2)CC1. The molecule has 0 bridgehead atoms. The first-order chi connectivity index (χ1) is 14.0. The van der Waals surface area contributed by atoms with Gasteiger partial charge in [-0.25, -0.2) is 17.5 Å². The standard InChI is InChI=1S/C20H30N4O4S/c25-15-3-12-23-18-4-1-2-5-19(18)24(20(23)26)16-8-13-22(14-9-16)29(27,28)17-6-10-21-11-7-17/h1-2,4-5,16-17,21,25H,3,6-15H2. The summed E-state index contributed by atoms with van der Waals surface area (Å²) in [6.45, 7) is 2.94. The van der Waals surface area contributed by atoms with Gasteiger partial charge in [0.05, 0.1) is 16.3 Å². The lowest BCUT2D eigenvalue weighted by atomic mass is 10.1. The summed E-state index contributed by atoms with van der Waals surface area (Å²) in [6.07, 6.45) is 3.14. The summed E-state index contributed by atoms with van der Waals surface area (Å²) >= 11 is 0. The normalized spacial score (nSPS) is 20.4. The summed E-state index contributed by atoms with van der Waals surface area (Å²) in [5.74, 6) is 0. The Kier molecular flexibility index (Phi) is 6.10. The van der Waals surface area contributed by atoms with Crippen LogP contribution in [0.1, 0.15) is 38.1 Å². The van der Waals surface area contributed by atoms with Gasteiger partial charge in [0.15, 0.2) is 0 Å². The predicted molar refractivity (Wildman–Crippen MR) is 113 cm³/mol. The Morgan fingerprint density at radius 2 is 1.69 bits per heavy atom. The largest absolute Gasteiger partial charge is 0.396 e. The van der Waals surface area contributed by atoms with Crippen LogP contribution in [0.15, 0.2) is 29.1 Å². The van der Waals surface area contributed by atoms with Crippen molar-refractivity contribution in [3.8, 4) is 0 Å². The summed E-state index contributed by atoms with van der Waals surface area (Å²) in [6, 6.07) is 7.70. The van der Waals surface area contributed by atoms with Crippen LogP contribution in [0.3, 0.4) is 0 Å². The Morgan fingerprint density at radius 3 is 2.34 bits per heavy atom. The molecule has 2 fully saturated rings. The van der Waals surface area contributed by atoms with Gasteiger partial charge in [0.2, 0.25) is 10.0 Å². The molecular weight excluding hydrogens is 392 g/mol. The number of benzene rings is 1. The molecule has 4 rings (SSSR count). The minimum absolute atomic E-state index is 0.0118. The van der Waals surface area contributed by atoms with Crippen molar-refractivity contribution in [3.05, 3.63) is 34.7 Å². The number of aliphatic hydroxyl groups excluding tert-OH is 1. The maximum Gasteiger partial charge on any atom is 0.329 e. The van der Waals surface area contributed by atoms with E-state index in [9.17, 15) is 18.3 Å². The molecule has 2 aliphatic heterocycles. The number of nitrogens with zero attached hydrogens (tertiary/aromatic N) is 3. The van der Waals surface area contributed by atoms with E-state index in [4.69, 9.17) is 0 Å². The van der Waals surface area contributed by atoms with Crippen molar-refractivity contribution in [1.82, 2.24) is 18.8 Å². The molecule has 0 aliphatic carbocycles. The molecule has 1 aromatic carbocycles. The van der Waals surface area contributed by atoms with Crippen LogP contribution in [0.25, 0.3) is 11.0 Å². The molecule has 9 heteroatoms. The summed E-state index contributed by atoms with van der Waals surface area (Å²) in [7, 11) is -3.28. The van der Waals surface area contributed by atoms with Crippen LogP contribution in [-0.2, 0) is 16.6 Å². The second kappa shape index (κ2) is 8.59. The molecule has 160 valence electrons. The van der Waals surface area contributed by atoms with E-state index in [0.29, 0.717) is 51.7 Å². The molecule has 0 spiro atoms. The van der Waals surface area contributed by atoms with E-state index < -0.39 is 10.0 Å². The van der Waals surface area contributed by atoms with Gasteiger partial charge in [0.25, 0.3) is 0 Å². The van der Waals surface area contributed by atoms with E-state index in [-0.39, 0.29) is 23.6 Å². The van der Waals surface area contributed by atoms with Crippen LogP contribution in [0.2, 0.25) is 0 Å². The highest BCUT2D eigenvalue weighted by atomic mass is 32.2. The Labute approximate surface area is 171 Å². The van der Waals surface area contributed by atoms with Crippen molar-refractivity contribution in [2.24, 2.45) is 0 Å². The fraction of sp³-hybridized carbons (Fsp3) is 0.650. The van der Waals surface area contributed by atoms with Crippen LogP contribution in [0.5, 0.6) is 0 Å². The monoisotopic (exact) mass is 422 g/mol. The quantitative estimate of drug-likeness (QED) is 0.721. The summed E-state index contributed by atoms with van der Waals surface area (Å²) in [5.41, 5.74) is 1.69. The molecule has 2 N–H and O–H groups in total. The van der Waals surface area contributed by atoms with Crippen molar-refractivity contribution in [3.63, 3.8) is 0 Å². The number of hydrogen-bond donors (Lipinski definition) is 2. The number of hydrogen-bond acceptors (Lipinski definition) is 5. The molecule has 8 nitrogen and oxygen atoms in total. The maximum atomic E-state index is 13.1. The second-order valence-corrected chi connectivity index (χ2v) is 10.2. The van der Waals surface area contributed by atoms with Gasteiger partial charge in [-0.3, -0.25) is 9.13 Å². The van der Waals surface area contributed by atoms with E-state index in [0.717, 1.165) is 24.1 Å². The average Bonchev–Trinajstić information content (AvgIpc) is 3.04. The van der Waals surface area contributed by atoms with Gasteiger partial charge in [-0.1, -0.05) is 12.1 Å². The number of sulfonamides is 1. The first-order valence-electron chi connectivity index (χ1n) is 10.5. The van der Waals surface area contributed by atoms with Crippen molar-refractivity contribution in [2.45, 2.75) is 49.9 Å². The number of para-hydroxylation sites is 2. The highest BCUT2D eigenvalue weighted by Gasteiger charge is 2.36. The van der Waals surface area contributed by atoms with Crippen LogP contribution in [-0.4, -0.2) is 65.0 Å². The van der Waals surface area contributed by atoms with Gasteiger partial charge in [0.1, 0.15) is 0 Å². The van der Waals surface area contributed by atoms with Gasteiger partial charge in [-0.2, -0.15) is 0 Å². The Morgan fingerprint density at radius 1 is 1.03 bits per heavy atom. The molecule has 0 amide bonds. The third-order valence-corrected chi connectivity index (χ3v) is 8.66. The predicted octanol–water partition coefficient (Wildman–Crippen LogP) is 0.904. The number of nitrogens with one attached hydrogen (secondary N) is 1. The highest BCUT2D eigenvalue weighted by Crippen LogP contribution is 2.29. The number of piperidine rings is 2. The van der Waals surface area contributed by atoms with Gasteiger partial charge in [0, 0.05) is 32.3 Å². The minimum atomic E-state index is -3.28. The minimum Gasteiger partial charge on any atom is -0.396 e. The van der Waals surface area contributed by atoms with Gasteiger partial charge in [-0.15, -0.1) is 0 Å². The summed E-state index contributed by atoms with van der Waals surface area (Å²) in [5, 5.41) is 12.1. The fourth-order valence-corrected chi connectivity index (χ4v) is 6.66. The van der Waals surface area contributed by atoms with E-state index in [1.807, 2.05) is 28.8 Å². The average molecular weight is 423 g/mol. The molecule has 2 aromatic rings. The summed E-state index contributed by atoms with van der Waals surface area (Å²) < 4.78 is 31.2.